The van der Waals surface area contributed by atoms with Crippen LogP contribution in [0.1, 0.15) is 31.0 Å². The van der Waals surface area contributed by atoms with Gasteiger partial charge in [0, 0.05) is 62.9 Å². The Bertz CT molecular complexity index is 735. The van der Waals surface area contributed by atoms with Crippen LogP contribution >= 0.6 is 0 Å². The summed E-state index contributed by atoms with van der Waals surface area (Å²) in [5, 5.41) is 0. The van der Waals surface area contributed by atoms with Crippen molar-refractivity contribution >= 4 is 5.95 Å². The van der Waals surface area contributed by atoms with E-state index in [1.165, 1.54) is 19.4 Å². The van der Waals surface area contributed by atoms with Crippen molar-refractivity contribution in [3.8, 4) is 0 Å². The summed E-state index contributed by atoms with van der Waals surface area (Å²) in [6.45, 7) is 10.6. The van der Waals surface area contributed by atoms with Crippen molar-refractivity contribution in [2.45, 2.75) is 38.9 Å². The number of rotatable bonds is 8. The smallest absolute Gasteiger partial charge is 0.225 e. The quantitative estimate of drug-likeness (QED) is 0.678. The topological polar surface area (TPSA) is 57.6 Å². The molecule has 0 radical (unpaired) electrons. The van der Waals surface area contributed by atoms with E-state index in [-0.39, 0.29) is 0 Å². The minimum atomic E-state index is 0.622. The van der Waals surface area contributed by atoms with Crippen LogP contribution < -0.4 is 4.90 Å². The van der Waals surface area contributed by atoms with Crippen molar-refractivity contribution in [3.63, 3.8) is 0 Å². The second kappa shape index (κ2) is 10.1. The number of hydrogen-bond donors (Lipinski definition) is 0. The van der Waals surface area contributed by atoms with E-state index in [1.807, 2.05) is 24.7 Å². The van der Waals surface area contributed by atoms with Crippen LogP contribution in [0.5, 0.6) is 0 Å². The minimum Gasteiger partial charge on any atom is -0.378 e. The zero-order valence-electron chi connectivity index (χ0n) is 17.4. The van der Waals surface area contributed by atoms with E-state index in [1.54, 1.807) is 0 Å². The largest absolute Gasteiger partial charge is 0.378 e. The number of likely N-dealkylation sites (N-methyl/N-ethyl adjacent to an activating group) is 1. The fourth-order valence-corrected chi connectivity index (χ4v) is 4.34. The summed E-state index contributed by atoms with van der Waals surface area (Å²) in [5.74, 6) is 0.807. The molecule has 2 aromatic heterocycles. The average Bonchev–Trinajstić information content (AvgIpc) is 3.23. The fourth-order valence-electron chi connectivity index (χ4n) is 4.34. The molecule has 4 heterocycles. The lowest BCUT2D eigenvalue weighted by molar-refractivity contribution is 0.122. The van der Waals surface area contributed by atoms with Gasteiger partial charge in [-0.25, -0.2) is 9.97 Å². The van der Waals surface area contributed by atoms with Gasteiger partial charge in [-0.05, 0) is 38.1 Å². The summed E-state index contributed by atoms with van der Waals surface area (Å²) < 4.78 is 5.42. The van der Waals surface area contributed by atoms with Gasteiger partial charge >= 0.3 is 0 Å². The molecular formula is C22H32N6O. The van der Waals surface area contributed by atoms with Crippen LogP contribution in [0.4, 0.5) is 5.95 Å². The van der Waals surface area contributed by atoms with Gasteiger partial charge in [-0.1, -0.05) is 13.0 Å². The molecule has 7 heteroatoms. The molecule has 0 N–H and O–H groups in total. The highest BCUT2D eigenvalue weighted by atomic mass is 16.5. The first-order chi connectivity index (χ1) is 14.3. The second-order valence-electron chi connectivity index (χ2n) is 7.91. The monoisotopic (exact) mass is 396 g/mol. The molecule has 156 valence electrons. The Morgan fingerprint density at radius 1 is 1.07 bits per heavy atom. The Balaban J connectivity index is 1.43. The summed E-state index contributed by atoms with van der Waals surface area (Å²) in [6.07, 6.45) is 8.42. The average molecular weight is 397 g/mol. The Kier molecular flexibility index (Phi) is 7.03. The summed E-state index contributed by atoms with van der Waals surface area (Å²) >= 11 is 0. The van der Waals surface area contributed by atoms with E-state index in [2.05, 4.69) is 48.7 Å². The number of hydrogen-bond acceptors (Lipinski definition) is 7. The molecule has 0 unspecified atom stereocenters. The zero-order chi connectivity index (χ0) is 19.9. The van der Waals surface area contributed by atoms with Crippen LogP contribution in [0.15, 0.2) is 36.8 Å². The maximum Gasteiger partial charge on any atom is 0.225 e. The van der Waals surface area contributed by atoms with Gasteiger partial charge in [0.05, 0.1) is 18.9 Å². The van der Waals surface area contributed by atoms with Crippen molar-refractivity contribution in [2.24, 2.45) is 0 Å². The molecule has 2 fully saturated rings. The van der Waals surface area contributed by atoms with Gasteiger partial charge in [0.15, 0.2) is 0 Å². The summed E-state index contributed by atoms with van der Waals surface area (Å²) in [7, 11) is 0. The SMILES string of the molecule is CCN1CCC[C@@H]1CN(Cc1cnc(N2CCOCC2)nc1)Cc1ccccn1. The Hall–Kier alpha value is -2.09. The minimum absolute atomic E-state index is 0.622. The third kappa shape index (κ3) is 5.50. The van der Waals surface area contributed by atoms with E-state index in [4.69, 9.17) is 4.74 Å². The number of morpholine rings is 1. The van der Waals surface area contributed by atoms with Crippen molar-refractivity contribution < 1.29 is 4.74 Å². The van der Waals surface area contributed by atoms with Crippen LogP contribution in [-0.2, 0) is 17.8 Å². The summed E-state index contributed by atoms with van der Waals surface area (Å²) in [6, 6.07) is 6.77. The Morgan fingerprint density at radius 3 is 2.62 bits per heavy atom. The molecule has 0 amide bonds. The number of aromatic nitrogens is 3. The predicted molar refractivity (Wildman–Crippen MR) is 114 cm³/mol. The maximum absolute atomic E-state index is 5.42. The normalized spacial score (nSPS) is 20.5. The molecule has 2 aliphatic heterocycles. The lowest BCUT2D eigenvalue weighted by atomic mass is 10.2. The van der Waals surface area contributed by atoms with Crippen molar-refractivity contribution in [1.82, 2.24) is 24.8 Å². The lowest BCUT2D eigenvalue weighted by Crippen LogP contribution is -2.40. The molecule has 7 nitrogen and oxygen atoms in total. The highest BCUT2D eigenvalue weighted by molar-refractivity contribution is 5.30. The first-order valence-corrected chi connectivity index (χ1v) is 10.8. The van der Waals surface area contributed by atoms with E-state index < -0.39 is 0 Å². The molecule has 0 spiro atoms. The van der Waals surface area contributed by atoms with E-state index >= 15 is 0 Å². The molecule has 2 saturated heterocycles. The molecule has 0 bridgehead atoms. The number of pyridine rings is 1. The number of nitrogens with zero attached hydrogens (tertiary/aromatic N) is 6. The van der Waals surface area contributed by atoms with Crippen molar-refractivity contribution in [3.05, 3.63) is 48.0 Å². The summed E-state index contributed by atoms with van der Waals surface area (Å²) in [5.41, 5.74) is 2.26. The Morgan fingerprint density at radius 2 is 1.90 bits per heavy atom. The first kappa shape index (κ1) is 20.2. The third-order valence-electron chi connectivity index (χ3n) is 5.88. The molecular weight excluding hydrogens is 364 g/mol. The molecule has 4 rings (SSSR count). The van der Waals surface area contributed by atoms with Gasteiger partial charge in [0.2, 0.25) is 5.95 Å². The van der Waals surface area contributed by atoms with E-state index in [9.17, 15) is 0 Å². The van der Waals surface area contributed by atoms with Gasteiger partial charge in [-0.2, -0.15) is 0 Å². The second-order valence-corrected chi connectivity index (χ2v) is 7.91. The number of likely N-dealkylation sites (tertiary alicyclic amines) is 1. The van der Waals surface area contributed by atoms with Gasteiger partial charge in [0.25, 0.3) is 0 Å². The van der Waals surface area contributed by atoms with E-state index in [0.717, 1.165) is 69.7 Å². The fraction of sp³-hybridized carbons (Fsp3) is 0.591. The summed E-state index contributed by atoms with van der Waals surface area (Å²) in [4.78, 5) is 21.1. The van der Waals surface area contributed by atoms with E-state index in [0.29, 0.717) is 6.04 Å². The van der Waals surface area contributed by atoms with Crippen LogP contribution in [0.25, 0.3) is 0 Å². The molecule has 0 aliphatic carbocycles. The van der Waals surface area contributed by atoms with Crippen LogP contribution in [0.2, 0.25) is 0 Å². The van der Waals surface area contributed by atoms with Crippen molar-refractivity contribution in [1.29, 1.82) is 0 Å². The first-order valence-electron chi connectivity index (χ1n) is 10.8. The Labute approximate surface area is 173 Å². The van der Waals surface area contributed by atoms with Crippen LogP contribution in [0, 0.1) is 0 Å². The molecule has 0 saturated carbocycles. The van der Waals surface area contributed by atoms with Crippen LogP contribution in [-0.4, -0.2) is 76.7 Å². The van der Waals surface area contributed by atoms with Crippen LogP contribution in [0.3, 0.4) is 0 Å². The highest BCUT2D eigenvalue weighted by Crippen LogP contribution is 2.20. The molecule has 1 atom stereocenters. The van der Waals surface area contributed by atoms with Gasteiger partial charge in [-0.15, -0.1) is 0 Å². The zero-order valence-corrected chi connectivity index (χ0v) is 17.4. The molecule has 2 aliphatic rings. The van der Waals surface area contributed by atoms with Gasteiger partial charge in [-0.3, -0.25) is 14.8 Å². The maximum atomic E-state index is 5.42. The molecule has 0 aromatic carbocycles. The highest BCUT2D eigenvalue weighted by Gasteiger charge is 2.25. The molecule has 2 aromatic rings. The molecule has 29 heavy (non-hydrogen) atoms. The van der Waals surface area contributed by atoms with Gasteiger partial charge < -0.3 is 9.64 Å². The third-order valence-corrected chi connectivity index (χ3v) is 5.88. The number of anilines is 1. The predicted octanol–water partition coefficient (Wildman–Crippen LogP) is 2.19. The standard InChI is InChI=1S/C22H32N6O/c1-2-27-9-5-7-21(27)18-26(17-20-6-3-4-8-23-20)16-19-14-24-22(25-15-19)28-10-12-29-13-11-28/h3-4,6,8,14-15,21H,2,5,7,9-13,16-18H2,1H3/t21-/m1/s1. The number of ether oxygens (including phenoxy) is 1. The lowest BCUT2D eigenvalue weighted by Gasteiger charge is -2.30. The van der Waals surface area contributed by atoms with Gasteiger partial charge in [0.1, 0.15) is 0 Å². The van der Waals surface area contributed by atoms with Crippen molar-refractivity contribution in [2.75, 3.05) is 50.8 Å².